The smallest absolute Gasteiger partial charge is 0.276 e. The Balaban J connectivity index is 1.53. The number of benzene rings is 2. The van der Waals surface area contributed by atoms with Gasteiger partial charge in [0.2, 0.25) is 0 Å². The van der Waals surface area contributed by atoms with Gasteiger partial charge in [0.15, 0.2) is 11.6 Å². The molecule has 0 bridgehead atoms. The standard InChI is InChI=1S/C25H25F2N7O3/c1-37-12-11-33-14-16-19(30-33)5-6-20(23(16)32-10-9-15(28)13-32)29-25(36)21-7-8-22(35)34(31-21)24-17(26)3-2-4-18(24)27/h2-8,14-15H,9-13,28H2,1H3,(H,29,36)/t15-/m1/s1. The summed E-state index contributed by atoms with van der Waals surface area (Å²) in [7, 11) is 1.62. The van der Waals surface area contributed by atoms with Crippen LogP contribution >= 0.6 is 0 Å². The van der Waals surface area contributed by atoms with Crippen molar-refractivity contribution in [1.82, 2.24) is 19.6 Å². The average Bonchev–Trinajstić information content (AvgIpc) is 3.49. The van der Waals surface area contributed by atoms with Gasteiger partial charge in [-0.15, -0.1) is 0 Å². The van der Waals surface area contributed by atoms with Gasteiger partial charge in [0, 0.05) is 43.9 Å². The van der Waals surface area contributed by atoms with E-state index in [1.807, 2.05) is 6.20 Å². The highest BCUT2D eigenvalue weighted by Gasteiger charge is 2.26. The van der Waals surface area contributed by atoms with Crippen LogP contribution in [0.2, 0.25) is 0 Å². The first-order valence-corrected chi connectivity index (χ1v) is 11.7. The summed E-state index contributed by atoms with van der Waals surface area (Å²) < 4.78 is 36.1. The third-order valence-electron chi connectivity index (χ3n) is 6.20. The number of fused-ring (bicyclic) bond motifs is 1. The Morgan fingerprint density at radius 1 is 1.14 bits per heavy atom. The Labute approximate surface area is 210 Å². The second-order valence-corrected chi connectivity index (χ2v) is 8.77. The third kappa shape index (κ3) is 4.80. The van der Waals surface area contributed by atoms with Gasteiger partial charge >= 0.3 is 0 Å². The SMILES string of the molecule is COCCn1cc2c(N3CC[C@@H](N)C3)c(NC(=O)c3ccc(=O)n(-c4c(F)cccc4F)n3)ccc2n1. The summed E-state index contributed by atoms with van der Waals surface area (Å²) in [6.07, 6.45) is 2.69. The van der Waals surface area contributed by atoms with Crippen LogP contribution in [-0.4, -0.2) is 58.3 Å². The van der Waals surface area contributed by atoms with Crippen LogP contribution in [0.4, 0.5) is 20.2 Å². The second-order valence-electron chi connectivity index (χ2n) is 8.77. The normalized spacial score (nSPS) is 15.5. The summed E-state index contributed by atoms with van der Waals surface area (Å²) in [4.78, 5) is 27.7. The highest BCUT2D eigenvalue weighted by molar-refractivity contribution is 6.08. The van der Waals surface area contributed by atoms with Crippen molar-refractivity contribution >= 4 is 28.2 Å². The number of carbonyl (C=O) groups is 1. The number of methoxy groups -OCH3 is 1. The van der Waals surface area contributed by atoms with Crippen LogP contribution < -0.4 is 21.5 Å². The molecule has 0 saturated carbocycles. The van der Waals surface area contributed by atoms with Gasteiger partial charge in [-0.2, -0.15) is 14.9 Å². The van der Waals surface area contributed by atoms with E-state index in [9.17, 15) is 18.4 Å². The molecule has 1 atom stereocenters. The molecule has 1 saturated heterocycles. The van der Waals surface area contributed by atoms with Crippen LogP contribution in [0, 0.1) is 11.6 Å². The molecular weight excluding hydrogens is 484 g/mol. The number of halogens is 2. The van der Waals surface area contributed by atoms with Gasteiger partial charge in [-0.25, -0.2) is 8.78 Å². The molecule has 4 aromatic rings. The highest BCUT2D eigenvalue weighted by Crippen LogP contribution is 2.36. The maximum atomic E-state index is 14.3. The lowest BCUT2D eigenvalue weighted by atomic mass is 10.1. The summed E-state index contributed by atoms with van der Waals surface area (Å²) in [6.45, 7) is 2.35. The van der Waals surface area contributed by atoms with Gasteiger partial charge in [-0.3, -0.25) is 14.3 Å². The quantitative estimate of drug-likeness (QED) is 0.392. The third-order valence-corrected chi connectivity index (χ3v) is 6.20. The molecule has 0 aliphatic carbocycles. The van der Waals surface area contributed by atoms with Gasteiger partial charge in [0.25, 0.3) is 11.5 Å². The zero-order chi connectivity index (χ0) is 26.1. The van der Waals surface area contributed by atoms with Crippen molar-refractivity contribution < 1.29 is 18.3 Å². The number of anilines is 2. The van der Waals surface area contributed by atoms with E-state index in [1.54, 1.807) is 23.9 Å². The molecule has 1 aliphatic rings. The number of rotatable bonds is 7. The zero-order valence-electron chi connectivity index (χ0n) is 20.0. The first-order chi connectivity index (χ1) is 17.9. The van der Waals surface area contributed by atoms with Crippen LogP contribution in [0.25, 0.3) is 16.6 Å². The molecule has 12 heteroatoms. The van der Waals surface area contributed by atoms with Gasteiger partial charge in [-0.05, 0) is 36.8 Å². The molecule has 3 N–H and O–H groups in total. The Morgan fingerprint density at radius 3 is 2.62 bits per heavy atom. The molecule has 0 spiro atoms. The number of hydrogen-bond donors (Lipinski definition) is 2. The predicted octanol–water partition coefficient (Wildman–Crippen LogP) is 2.30. The monoisotopic (exact) mass is 509 g/mol. The van der Waals surface area contributed by atoms with E-state index in [0.717, 1.165) is 41.2 Å². The van der Waals surface area contributed by atoms with Crippen LogP contribution in [-0.2, 0) is 11.3 Å². The average molecular weight is 510 g/mol. The largest absolute Gasteiger partial charge is 0.383 e. The summed E-state index contributed by atoms with van der Waals surface area (Å²) in [5.74, 6) is -2.60. The maximum Gasteiger partial charge on any atom is 0.276 e. The Hall–Kier alpha value is -4.16. The topological polar surface area (TPSA) is 120 Å². The van der Waals surface area contributed by atoms with E-state index in [1.165, 1.54) is 12.1 Å². The zero-order valence-corrected chi connectivity index (χ0v) is 20.0. The van der Waals surface area contributed by atoms with Gasteiger partial charge in [0.1, 0.15) is 11.4 Å². The maximum absolute atomic E-state index is 14.3. The minimum atomic E-state index is -0.976. The number of nitrogens with zero attached hydrogens (tertiary/aromatic N) is 5. The number of amides is 1. The lowest BCUT2D eigenvalue weighted by Crippen LogP contribution is -2.28. The molecular formula is C25H25F2N7O3. The molecule has 2 aromatic carbocycles. The number of ether oxygens (including phenoxy) is 1. The van der Waals surface area contributed by atoms with Crippen molar-refractivity contribution in [2.45, 2.75) is 19.0 Å². The van der Waals surface area contributed by atoms with E-state index in [0.29, 0.717) is 36.6 Å². The van der Waals surface area contributed by atoms with E-state index in [2.05, 4.69) is 20.4 Å². The molecule has 1 amide bonds. The summed E-state index contributed by atoms with van der Waals surface area (Å²) in [5, 5.41) is 12.2. The van der Waals surface area contributed by atoms with Crippen LogP contribution in [0.5, 0.6) is 0 Å². The number of nitrogens with one attached hydrogen (secondary N) is 1. The first-order valence-electron chi connectivity index (χ1n) is 11.7. The molecule has 10 nitrogen and oxygen atoms in total. The molecule has 3 heterocycles. The Morgan fingerprint density at radius 2 is 1.92 bits per heavy atom. The lowest BCUT2D eigenvalue weighted by molar-refractivity contribution is 0.102. The molecule has 0 radical (unpaired) electrons. The van der Waals surface area contributed by atoms with Crippen LogP contribution in [0.15, 0.2) is 53.5 Å². The number of nitrogens with two attached hydrogens (primary N) is 1. The van der Waals surface area contributed by atoms with Crippen LogP contribution in [0.1, 0.15) is 16.9 Å². The predicted molar refractivity (Wildman–Crippen MR) is 134 cm³/mol. The molecule has 37 heavy (non-hydrogen) atoms. The summed E-state index contributed by atoms with van der Waals surface area (Å²) in [5.41, 5.74) is 6.53. The first kappa shape index (κ1) is 24.5. The molecule has 1 aliphatic heterocycles. The van der Waals surface area contributed by atoms with Crippen molar-refractivity contribution in [3.05, 3.63) is 76.3 Å². The van der Waals surface area contributed by atoms with E-state index < -0.39 is 28.8 Å². The fourth-order valence-electron chi connectivity index (χ4n) is 4.43. The van der Waals surface area contributed by atoms with Crippen LogP contribution in [0.3, 0.4) is 0 Å². The lowest BCUT2D eigenvalue weighted by Gasteiger charge is -2.23. The molecule has 192 valence electrons. The molecule has 1 fully saturated rings. The fraction of sp³-hybridized carbons (Fsp3) is 0.280. The van der Waals surface area contributed by atoms with Crippen molar-refractivity contribution in [3.63, 3.8) is 0 Å². The summed E-state index contributed by atoms with van der Waals surface area (Å²) in [6, 6.07) is 8.95. The second kappa shape index (κ2) is 10.1. The minimum absolute atomic E-state index is 0.0109. The van der Waals surface area contributed by atoms with E-state index >= 15 is 0 Å². The number of hydrogen-bond acceptors (Lipinski definition) is 7. The van der Waals surface area contributed by atoms with E-state index in [-0.39, 0.29) is 11.7 Å². The van der Waals surface area contributed by atoms with Crippen molar-refractivity contribution in [2.75, 3.05) is 37.0 Å². The van der Waals surface area contributed by atoms with Crippen molar-refractivity contribution in [3.8, 4) is 5.69 Å². The highest BCUT2D eigenvalue weighted by atomic mass is 19.1. The Kier molecular flexibility index (Phi) is 6.68. The van der Waals surface area contributed by atoms with Gasteiger partial charge in [-0.1, -0.05) is 6.07 Å². The summed E-state index contributed by atoms with van der Waals surface area (Å²) >= 11 is 0. The van der Waals surface area contributed by atoms with Gasteiger partial charge in [0.05, 0.1) is 30.0 Å². The molecule has 2 aromatic heterocycles. The number of para-hydroxylation sites is 1. The molecule has 5 rings (SSSR count). The van der Waals surface area contributed by atoms with Gasteiger partial charge < -0.3 is 20.7 Å². The van der Waals surface area contributed by atoms with Crippen molar-refractivity contribution in [1.29, 1.82) is 0 Å². The minimum Gasteiger partial charge on any atom is -0.383 e. The van der Waals surface area contributed by atoms with Crippen molar-refractivity contribution in [2.24, 2.45) is 5.73 Å². The molecule has 0 unspecified atom stereocenters. The number of carbonyl (C=O) groups excluding carboxylic acids is 1. The Bertz CT molecular complexity index is 1510. The number of aromatic nitrogens is 4. The van der Waals surface area contributed by atoms with E-state index in [4.69, 9.17) is 10.5 Å². The fourth-order valence-corrected chi connectivity index (χ4v) is 4.43.